The maximum absolute atomic E-state index is 12.4. The van der Waals surface area contributed by atoms with Gasteiger partial charge in [-0.15, -0.1) is 0 Å². The summed E-state index contributed by atoms with van der Waals surface area (Å²) in [5, 5.41) is 0. The van der Waals surface area contributed by atoms with Gasteiger partial charge in [-0.25, -0.2) is 0 Å². The molecule has 4 fully saturated rings. The zero-order valence-electron chi connectivity index (χ0n) is 14.9. The highest BCUT2D eigenvalue weighted by atomic mass is 16.6. The lowest BCUT2D eigenvalue weighted by atomic mass is 9.61. The molecule has 0 radical (unpaired) electrons. The van der Waals surface area contributed by atoms with E-state index in [0.717, 1.165) is 24.2 Å². The molecule has 4 rings (SSSR count). The topological polar surface area (TPSA) is 29.6 Å². The molecule has 0 unspecified atom stereocenters. The molecule has 3 saturated carbocycles. The van der Waals surface area contributed by atoms with Crippen LogP contribution < -0.4 is 0 Å². The highest BCUT2D eigenvalue weighted by Gasteiger charge is 2.81. The number of hydrogen-bond acceptors (Lipinski definition) is 2. The fourth-order valence-electron chi connectivity index (χ4n) is 6.89. The van der Waals surface area contributed by atoms with Gasteiger partial charge in [0.15, 0.2) is 0 Å². The minimum atomic E-state index is -0.108. The van der Waals surface area contributed by atoms with Crippen molar-refractivity contribution in [1.29, 1.82) is 0 Å². The number of carbonyl (C=O) groups excluding carboxylic acids is 1. The second kappa shape index (κ2) is 4.37. The Kier molecular flexibility index (Phi) is 3.02. The van der Waals surface area contributed by atoms with Gasteiger partial charge in [0.05, 0.1) is 0 Å². The van der Waals surface area contributed by atoms with Gasteiger partial charge in [0.1, 0.15) is 17.0 Å². The van der Waals surface area contributed by atoms with Crippen molar-refractivity contribution in [1.82, 2.24) is 0 Å². The molecule has 0 aromatic rings. The van der Waals surface area contributed by atoms with E-state index in [1.54, 1.807) is 0 Å². The molecule has 2 heteroatoms. The molecular weight excluding hydrogens is 272 g/mol. The zero-order valence-corrected chi connectivity index (χ0v) is 14.9. The number of hydrogen-bond donors (Lipinski definition) is 0. The van der Waals surface area contributed by atoms with Crippen LogP contribution in [0.4, 0.5) is 0 Å². The number of Topliss-reactive ketones (excluding diaryl/α,β-unsaturated/α-hetero) is 1. The van der Waals surface area contributed by atoms with Crippen LogP contribution in [0.2, 0.25) is 0 Å². The molecule has 0 aromatic carbocycles. The van der Waals surface area contributed by atoms with Gasteiger partial charge in [-0.2, -0.15) is 0 Å². The molecular formula is C20H32O2. The zero-order chi connectivity index (χ0) is 15.9. The Balaban J connectivity index is 1.71. The summed E-state index contributed by atoms with van der Waals surface area (Å²) in [7, 11) is 0. The number of fused-ring (bicyclic) bond motifs is 1. The van der Waals surface area contributed by atoms with Crippen molar-refractivity contribution in [3.8, 4) is 0 Å². The number of carbonyl (C=O) groups is 1. The van der Waals surface area contributed by atoms with E-state index in [4.69, 9.17) is 4.74 Å². The van der Waals surface area contributed by atoms with Gasteiger partial charge in [-0.1, -0.05) is 34.6 Å². The van der Waals surface area contributed by atoms with E-state index < -0.39 is 0 Å². The van der Waals surface area contributed by atoms with Gasteiger partial charge in [-0.05, 0) is 61.2 Å². The van der Waals surface area contributed by atoms with E-state index in [0.29, 0.717) is 23.5 Å². The summed E-state index contributed by atoms with van der Waals surface area (Å²) in [6.45, 7) is 11.8. The molecule has 3 aliphatic carbocycles. The molecule has 0 amide bonds. The highest BCUT2D eigenvalue weighted by Crippen LogP contribution is 2.72. The summed E-state index contributed by atoms with van der Waals surface area (Å²) in [5.41, 5.74) is 0.186. The van der Waals surface area contributed by atoms with Crippen molar-refractivity contribution >= 4 is 5.78 Å². The van der Waals surface area contributed by atoms with Gasteiger partial charge in [0, 0.05) is 12.3 Å². The second-order valence-electron chi connectivity index (χ2n) is 9.61. The first-order valence-corrected chi connectivity index (χ1v) is 9.49. The smallest absolute Gasteiger partial charge is 0.141 e. The van der Waals surface area contributed by atoms with Crippen molar-refractivity contribution in [2.24, 2.45) is 35.0 Å². The summed E-state index contributed by atoms with van der Waals surface area (Å²) in [6.07, 6.45) is 7.10. The summed E-state index contributed by atoms with van der Waals surface area (Å²) in [6, 6.07) is 0. The first kappa shape index (κ1) is 15.2. The van der Waals surface area contributed by atoms with E-state index >= 15 is 0 Å². The van der Waals surface area contributed by atoms with Crippen LogP contribution in [0, 0.1) is 35.0 Å². The molecule has 4 aliphatic rings. The van der Waals surface area contributed by atoms with Crippen molar-refractivity contribution in [3.05, 3.63) is 0 Å². The minimum Gasteiger partial charge on any atom is -0.361 e. The van der Waals surface area contributed by atoms with Crippen molar-refractivity contribution in [2.75, 3.05) is 0 Å². The first-order valence-electron chi connectivity index (χ1n) is 9.49. The van der Waals surface area contributed by atoms with Gasteiger partial charge in [0.25, 0.3) is 0 Å². The van der Waals surface area contributed by atoms with Crippen molar-refractivity contribution < 1.29 is 9.53 Å². The van der Waals surface area contributed by atoms with Gasteiger partial charge in [0.2, 0.25) is 0 Å². The quantitative estimate of drug-likeness (QED) is 0.662. The summed E-state index contributed by atoms with van der Waals surface area (Å²) in [5.74, 6) is 3.59. The molecule has 0 bridgehead atoms. The maximum atomic E-state index is 12.4. The van der Waals surface area contributed by atoms with E-state index in [1.807, 2.05) is 0 Å². The molecule has 0 aromatic heterocycles. The molecule has 0 N–H and O–H groups in total. The van der Waals surface area contributed by atoms with Crippen LogP contribution >= 0.6 is 0 Å². The summed E-state index contributed by atoms with van der Waals surface area (Å²) in [4.78, 5) is 12.4. The SMILES string of the molecule is CC(C)[C@@H]1CC[C@]2(C)C[C@@]34O[C@@]3(CC(=O)[C@@H]4C)[C@H](C)CC[C@@H]12. The van der Waals surface area contributed by atoms with Crippen LogP contribution in [-0.4, -0.2) is 17.0 Å². The Labute approximate surface area is 135 Å². The minimum absolute atomic E-state index is 0.0899. The first-order chi connectivity index (χ1) is 10.3. The average molecular weight is 304 g/mol. The largest absolute Gasteiger partial charge is 0.361 e. The molecule has 1 aliphatic heterocycles. The van der Waals surface area contributed by atoms with Gasteiger partial charge in [-0.3, -0.25) is 4.79 Å². The number of rotatable bonds is 1. The molecule has 0 spiro atoms. The Morgan fingerprint density at radius 2 is 1.86 bits per heavy atom. The van der Waals surface area contributed by atoms with Crippen LogP contribution in [0.25, 0.3) is 0 Å². The fraction of sp³-hybridized carbons (Fsp3) is 0.950. The predicted molar refractivity (Wildman–Crippen MR) is 87.5 cm³/mol. The Morgan fingerprint density at radius 1 is 1.14 bits per heavy atom. The Bertz CT molecular complexity index is 512. The van der Waals surface area contributed by atoms with E-state index in [-0.39, 0.29) is 17.1 Å². The standard InChI is InChI=1S/C20H32O2/c1-12(2)15-8-9-18(5)11-20-14(4)17(21)10-19(20,22-20)13(3)6-7-16(15)18/h12-16H,6-11H2,1-5H3/t13-,14+,15+,16+,18-,19+,20+/m1/s1. The van der Waals surface area contributed by atoms with Crippen LogP contribution in [0.15, 0.2) is 0 Å². The van der Waals surface area contributed by atoms with Crippen molar-refractivity contribution in [3.63, 3.8) is 0 Å². The molecule has 1 saturated heterocycles. The van der Waals surface area contributed by atoms with Crippen LogP contribution in [0.3, 0.4) is 0 Å². The third-order valence-electron chi connectivity index (χ3n) is 8.35. The lowest BCUT2D eigenvalue weighted by Crippen LogP contribution is -2.41. The monoisotopic (exact) mass is 304 g/mol. The predicted octanol–water partition coefficient (Wildman–Crippen LogP) is 4.61. The van der Waals surface area contributed by atoms with E-state index in [9.17, 15) is 4.79 Å². The molecule has 22 heavy (non-hydrogen) atoms. The second-order valence-corrected chi connectivity index (χ2v) is 9.61. The van der Waals surface area contributed by atoms with Crippen molar-refractivity contribution in [2.45, 2.75) is 84.3 Å². The lowest BCUT2D eigenvalue weighted by Gasteiger charge is -2.41. The third kappa shape index (κ3) is 1.63. The summed E-state index contributed by atoms with van der Waals surface area (Å²) < 4.78 is 6.49. The summed E-state index contributed by atoms with van der Waals surface area (Å²) >= 11 is 0. The average Bonchev–Trinajstić information content (AvgIpc) is 2.86. The molecule has 1 heterocycles. The van der Waals surface area contributed by atoms with Crippen LogP contribution in [0.1, 0.15) is 73.1 Å². The van der Waals surface area contributed by atoms with E-state index in [1.165, 1.54) is 25.7 Å². The lowest BCUT2D eigenvalue weighted by molar-refractivity contribution is -0.125. The highest BCUT2D eigenvalue weighted by molar-refractivity contribution is 5.88. The molecule has 7 atom stereocenters. The van der Waals surface area contributed by atoms with E-state index in [2.05, 4.69) is 34.6 Å². The van der Waals surface area contributed by atoms with Crippen LogP contribution in [-0.2, 0) is 9.53 Å². The fourth-order valence-corrected chi connectivity index (χ4v) is 6.89. The Hall–Kier alpha value is -0.370. The van der Waals surface area contributed by atoms with Gasteiger partial charge < -0.3 is 4.74 Å². The van der Waals surface area contributed by atoms with Gasteiger partial charge >= 0.3 is 0 Å². The number of ether oxygens (including phenoxy) is 1. The number of ketones is 1. The molecule has 124 valence electrons. The third-order valence-corrected chi connectivity index (χ3v) is 8.35. The van der Waals surface area contributed by atoms with Crippen LogP contribution in [0.5, 0.6) is 0 Å². The molecule has 2 nitrogen and oxygen atoms in total. The maximum Gasteiger partial charge on any atom is 0.141 e. The Morgan fingerprint density at radius 3 is 2.55 bits per heavy atom. The normalized spacial score (nSPS) is 57.1. The number of epoxide rings is 1.